The predicted octanol–water partition coefficient (Wildman–Crippen LogP) is 2.93. The summed E-state index contributed by atoms with van der Waals surface area (Å²) in [4.78, 5) is 19.7. The summed E-state index contributed by atoms with van der Waals surface area (Å²) in [6, 6.07) is 10.3. The molecule has 0 saturated carbocycles. The number of nitrogens with one attached hydrogen (secondary N) is 2. The Morgan fingerprint density at radius 2 is 2.00 bits per heavy atom. The first-order valence-electron chi connectivity index (χ1n) is 8.51. The molecule has 2 aromatic heterocycles. The lowest BCUT2D eigenvalue weighted by atomic mass is 10.1. The third-order valence-electron chi connectivity index (χ3n) is 4.21. The van der Waals surface area contributed by atoms with Gasteiger partial charge in [-0.25, -0.2) is 0 Å². The number of benzene rings is 1. The number of carbonyl (C=O) groups is 1. The molecule has 126 valence electrons. The number of nitrogens with zero attached hydrogens (tertiary/aromatic N) is 1. The molecule has 0 aliphatic heterocycles. The second-order valence-electron chi connectivity index (χ2n) is 6.03. The summed E-state index contributed by atoms with van der Waals surface area (Å²) >= 11 is 0. The summed E-state index contributed by atoms with van der Waals surface area (Å²) < 4.78 is 0. The van der Waals surface area contributed by atoms with Crippen molar-refractivity contribution in [3.8, 4) is 0 Å². The summed E-state index contributed by atoms with van der Waals surface area (Å²) in [7, 11) is 0. The first kappa shape index (κ1) is 16.5. The Morgan fingerprint density at radius 1 is 1.12 bits per heavy atom. The number of aromatic nitrogens is 2. The van der Waals surface area contributed by atoms with E-state index in [1.54, 1.807) is 0 Å². The van der Waals surface area contributed by atoms with Gasteiger partial charge in [0.05, 0.1) is 11.7 Å². The quantitative estimate of drug-likeness (QED) is 0.557. The summed E-state index contributed by atoms with van der Waals surface area (Å²) in [5, 5.41) is 14.0. The predicted molar refractivity (Wildman–Crippen MR) is 95.9 cm³/mol. The highest BCUT2D eigenvalue weighted by molar-refractivity contribution is 6.06. The maximum atomic E-state index is 11.9. The number of pyridine rings is 1. The first-order chi connectivity index (χ1) is 11.8. The Bertz CT molecular complexity index is 826. The van der Waals surface area contributed by atoms with Gasteiger partial charge in [-0.3, -0.25) is 9.78 Å². The van der Waals surface area contributed by atoms with Gasteiger partial charge in [0.2, 0.25) is 5.91 Å². The Hall–Kier alpha value is -2.40. The van der Waals surface area contributed by atoms with E-state index in [4.69, 9.17) is 5.11 Å². The molecule has 24 heavy (non-hydrogen) atoms. The van der Waals surface area contributed by atoms with Crippen LogP contribution in [0.3, 0.4) is 0 Å². The van der Waals surface area contributed by atoms with Gasteiger partial charge in [-0.05, 0) is 37.8 Å². The molecular weight excluding hydrogens is 302 g/mol. The summed E-state index contributed by atoms with van der Waals surface area (Å²) in [6.45, 7) is 0.893. The molecule has 0 radical (unpaired) electrons. The van der Waals surface area contributed by atoms with Gasteiger partial charge in [0.15, 0.2) is 0 Å². The fourth-order valence-corrected chi connectivity index (χ4v) is 2.90. The molecule has 0 aliphatic carbocycles. The standard InChI is InChI=1S/C19H23N3O2/c23-11-5-1-4-10-20-19(24)9-8-14-12-16-15-6-2-3-7-17(15)22-18(16)13-21-14/h2-3,6-7,12-13,22-23H,1,4-5,8-11H2,(H,20,24). The molecule has 1 aromatic carbocycles. The van der Waals surface area contributed by atoms with Crippen LogP contribution in [-0.2, 0) is 11.2 Å². The number of fused-ring (bicyclic) bond motifs is 3. The molecule has 5 nitrogen and oxygen atoms in total. The third-order valence-corrected chi connectivity index (χ3v) is 4.21. The minimum Gasteiger partial charge on any atom is -0.396 e. The Kier molecular flexibility index (Phi) is 5.43. The number of para-hydroxylation sites is 1. The number of aliphatic hydroxyl groups excluding tert-OH is 1. The molecule has 0 saturated heterocycles. The number of aryl methyl sites for hydroxylation is 1. The Balaban J connectivity index is 1.57. The maximum absolute atomic E-state index is 11.9. The molecule has 0 atom stereocenters. The SMILES string of the molecule is O=C(CCc1cc2c(cn1)[nH]c1ccccc12)NCCCCCO. The Labute approximate surface area is 141 Å². The van der Waals surface area contributed by atoms with Gasteiger partial charge in [0, 0.05) is 41.6 Å². The van der Waals surface area contributed by atoms with E-state index in [9.17, 15) is 4.79 Å². The van der Waals surface area contributed by atoms with Crippen molar-refractivity contribution < 1.29 is 9.90 Å². The number of amides is 1. The fourth-order valence-electron chi connectivity index (χ4n) is 2.90. The van der Waals surface area contributed by atoms with Crippen LogP contribution in [-0.4, -0.2) is 34.1 Å². The van der Waals surface area contributed by atoms with Crippen LogP contribution in [0.15, 0.2) is 36.5 Å². The zero-order valence-electron chi connectivity index (χ0n) is 13.7. The van der Waals surface area contributed by atoms with Crippen molar-refractivity contribution in [1.82, 2.24) is 15.3 Å². The van der Waals surface area contributed by atoms with Crippen molar-refractivity contribution in [2.24, 2.45) is 0 Å². The zero-order valence-corrected chi connectivity index (χ0v) is 13.7. The maximum Gasteiger partial charge on any atom is 0.220 e. The highest BCUT2D eigenvalue weighted by Gasteiger charge is 2.07. The number of rotatable bonds is 8. The van der Waals surface area contributed by atoms with Crippen LogP contribution in [0.4, 0.5) is 0 Å². The second kappa shape index (κ2) is 7.93. The van der Waals surface area contributed by atoms with Crippen molar-refractivity contribution in [1.29, 1.82) is 0 Å². The molecule has 0 aliphatic rings. The van der Waals surface area contributed by atoms with E-state index in [0.29, 0.717) is 19.4 Å². The zero-order chi connectivity index (χ0) is 16.8. The lowest BCUT2D eigenvalue weighted by molar-refractivity contribution is -0.121. The number of unbranched alkanes of at least 4 members (excludes halogenated alkanes) is 2. The topological polar surface area (TPSA) is 78.0 Å². The molecular formula is C19H23N3O2. The molecule has 0 spiro atoms. The van der Waals surface area contributed by atoms with Gasteiger partial charge in [0.25, 0.3) is 0 Å². The molecule has 2 heterocycles. The van der Waals surface area contributed by atoms with Crippen LogP contribution in [0.25, 0.3) is 21.8 Å². The van der Waals surface area contributed by atoms with Gasteiger partial charge in [-0.1, -0.05) is 18.2 Å². The monoisotopic (exact) mass is 325 g/mol. The number of carbonyl (C=O) groups excluding carboxylic acids is 1. The smallest absolute Gasteiger partial charge is 0.220 e. The van der Waals surface area contributed by atoms with E-state index >= 15 is 0 Å². The van der Waals surface area contributed by atoms with E-state index in [1.165, 1.54) is 5.39 Å². The van der Waals surface area contributed by atoms with E-state index < -0.39 is 0 Å². The van der Waals surface area contributed by atoms with E-state index in [1.807, 2.05) is 18.3 Å². The summed E-state index contributed by atoms with van der Waals surface area (Å²) in [5.41, 5.74) is 3.06. The minimum absolute atomic E-state index is 0.0554. The van der Waals surface area contributed by atoms with Gasteiger partial charge in [-0.15, -0.1) is 0 Å². The molecule has 0 bridgehead atoms. The lowest BCUT2D eigenvalue weighted by Gasteiger charge is -2.05. The lowest BCUT2D eigenvalue weighted by Crippen LogP contribution is -2.24. The molecule has 5 heteroatoms. The van der Waals surface area contributed by atoms with Crippen LogP contribution < -0.4 is 5.32 Å². The van der Waals surface area contributed by atoms with Crippen molar-refractivity contribution in [3.05, 3.63) is 42.2 Å². The molecule has 3 aromatic rings. The number of H-pyrrole nitrogens is 1. The van der Waals surface area contributed by atoms with Crippen LogP contribution in [0.2, 0.25) is 0 Å². The third kappa shape index (κ3) is 3.92. The van der Waals surface area contributed by atoms with Crippen molar-refractivity contribution >= 4 is 27.7 Å². The average molecular weight is 325 g/mol. The van der Waals surface area contributed by atoms with Gasteiger partial charge < -0.3 is 15.4 Å². The molecule has 0 fully saturated rings. The van der Waals surface area contributed by atoms with Crippen LogP contribution >= 0.6 is 0 Å². The highest BCUT2D eigenvalue weighted by Crippen LogP contribution is 2.25. The van der Waals surface area contributed by atoms with Crippen molar-refractivity contribution in [2.75, 3.05) is 13.2 Å². The number of hydrogen-bond acceptors (Lipinski definition) is 3. The fraction of sp³-hybridized carbons (Fsp3) is 0.368. The second-order valence-corrected chi connectivity index (χ2v) is 6.03. The van der Waals surface area contributed by atoms with Crippen LogP contribution in [0.1, 0.15) is 31.4 Å². The number of hydrogen-bond donors (Lipinski definition) is 3. The van der Waals surface area contributed by atoms with Gasteiger partial charge in [0.1, 0.15) is 0 Å². The molecule has 3 N–H and O–H groups in total. The average Bonchev–Trinajstić information content (AvgIpc) is 2.98. The first-order valence-corrected chi connectivity index (χ1v) is 8.51. The van der Waals surface area contributed by atoms with Crippen LogP contribution in [0, 0.1) is 0 Å². The van der Waals surface area contributed by atoms with Crippen molar-refractivity contribution in [3.63, 3.8) is 0 Å². The van der Waals surface area contributed by atoms with E-state index in [0.717, 1.165) is 41.4 Å². The molecule has 1 amide bonds. The summed E-state index contributed by atoms with van der Waals surface area (Å²) in [6.07, 6.45) is 5.57. The van der Waals surface area contributed by atoms with Crippen molar-refractivity contribution in [2.45, 2.75) is 32.1 Å². The van der Waals surface area contributed by atoms with E-state index in [2.05, 4.69) is 33.5 Å². The Morgan fingerprint density at radius 3 is 2.88 bits per heavy atom. The van der Waals surface area contributed by atoms with E-state index in [-0.39, 0.29) is 12.5 Å². The van der Waals surface area contributed by atoms with Crippen LogP contribution in [0.5, 0.6) is 0 Å². The molecule has 3 rings (SSSR count). The number of aromatic amines is 1. The van der Waals surface area contributed by atoms with Gasteiger partial charge >= 0.3 is 0 Å². The normalized spacial score (nSPS) is 11.2. The highest BCUT2D eigenvalue weighted by atomic mass is 16.2. The minimum atomic E-state index is 0.0554. The summed E-state index contributed by atoms with van der Waals surface area (Å²) in [5.74, 6) is 0.0554. The van der Waals surface area contributed by atoms with Gasteiger partial charge in [-0.2, -0.15) is 0 Å². The molecule has 0 unspecified atom stereocenters. The largest absolute Gasteiger partial charge is 0.396 e. The number of aliphatic hydroxyl groups is 1.